The molecule has 3 aromatic rings. The Hall–Kier alpha value is -3.83. The van der Waals surface area contributed by atoms with Crippen molar-refractivity contribution in [3.63, 3.8) is 0 Å². The first-order valence-corrected chi connectivity index (χ1v) is 14.5. The highest BCUT2D eigenvalue weighted by atomic mass is 35.5. The van der Waals surface area contributed by atoms with Gasteiger partial charge in [0.25, 0.3) is 0 Å². The van der Waals surface area contributed by atoms with Crippen LogP contribution in [0.4, 0.5) is 10.2 Å². The van der Waals surface area contributed by atoms with Crippen molar-refractivity contribution in [3.05, 3.63) is 63.7 Å². The summed E-state index contributed by atoms with van der Waals surface area (Å²) in [4.78, 5) is 21.2. The molecular formula is C30H35B2ClFN7O3. The van der Waals surface area contributed by atoms with Crippen LogP contribution in [-0.4, -0.2) is 62.5 Å². The number of allylic oxidation sites excluding steroid dienone is 1. The second-order valence-corrected chi connectivity index (χ2v) is 11.4. The fourth-order valence-electron chi connectivity index (χ4n) is 4.88. The number of nitrogens with two attached hydrogens (primary N) is 2. The Kier molecular flexibility index (Phi) is 10.1. The normalized spacial score (nSPS) is 18.3. The zero-order valence-corrected chi connectivity index (χ0v) is 26.2. The molecule has 1 aliphatic heterocycles. The molecule has 2 unspecified atom stereocenters. The maximum Gasteiger partial charge on any atom is 0.324 e. The lowest BCUT2D eigenvalue weighted by atomic mass is 9.63. The maximum absolute atomic E-state index is 14.6. The van der Waals surface area contributed by atoms with Crippen molar-refractivity contribution < 1.29 is 18.7 Å². The summed E-state index contributed by atoms with van der Waals surface area (Å²) in [6.45, 7) is 6.94. The summed E-state index contributed by atoms with van der Waals surface area (Å²) in [6.07, 6.45) is 3.39. The number of carbonyl (C=O) groups is 1. The van der Waals surface area contributed by atoms with E-state index in [1.54, 1.807) is 45.4 Å². The topological polar surface area (TPSA) is 143 Å². The fraction of sp³-hybridized carbons (Fsp3) is 0.400. The molecule has 1 aromatic carbocycles. The van der Waals surface area contributed by atoms with Gasteiger partial charge < -0.3 is 26.3 Å². The minimum Gasteiger partial charge on any atom is -0.482 e. The SMILES string of the molecule is [B]C([B])(C)n1nc(Cl)c2c1-c1cnc(NCOC(=O)C(N)C(C)CC)c(c1)O[C@H](C)c1cc(F)ccc1/C(N)=C(/C=NC)C2. The number of halogens is 2. The largest absolute Gasteiger partial charge is 0.482 e. The molecule has 228 valence electrons. The summed E-state index contributed by atoms with van der Waals surface area (Å²) in [5.74, 6) is -0.545. The van der Waals surface area contributed by atoms with E-state index in [4.69, 9.17) is 48.2 Å². The Bertz CT molecular complexity index is 1610. The third kappa shape index (κ3) is 6.94. The molecule has 3 heterocycles. The molecule has 14 heteroatoms. The molecule has 3 atom stereocenters. The minimum atomic E-state index is -1.44. The first-order valence-electron chi connectivity index (χ1n) is 14.2. The van der Waals surface area contributed by atoms with Gasteiger partial charge in [-0.3, -0.25) is 14.5 Å². The fourth-order valence-corrected chi connectivity index (χ4v) is 5.11. The number of aromatic nitrogens is 3. The lowest BCUT2D eigenvalue weighted by Gasteiger charge is -2.26. The Morgan fingerprint density at radius 2 is 2.14 bits per heavy atom. The molecule has 5 N–H and O–H groups in total. The number of nitrogens with zero attached hydrogens (tertiary/aromatic N) is 4. The molecule has 2 bridgehead atoms. The lowest BCUT2D eigenvalue weighted by molar-refractivity contribution is -0.145. The Balaban J connectivity index is 1.89. The van der Waals surface area contributed by atoms with Crippen LogP contribution in [0, 0.1) is 11.7 Å². The number of carbonyl (C=O) groups excluding carboxylic acids is 1. The molecule has 0 spiro atoms. The number of ether oxygens (including phenoxy) is 2. The van der Waals surface area contributed by atoms with E-state index >= 15 is 0 Å². The number of nitrogens with one attached hydrogen (secondary N) is 1. The third-order valence-corrected chi connectivity index (χ3v) is 7.85. The van der Waals surface area contributed by atoms with Crippen molar-refractivity contribution in [1.82, 2.24) is 14.8 Å². The van der Waals surface area contributed by atoms with Gasteiger partial charge in [-0.15, -0.1) is 0 Å². The summed E-state index contributed by atoms with van der Waals surface area (Å²) in [5.41, 5.74) is 16.3. The van der Waals surface area contributed by atoms with E-state index in [1.807, 2.05) is 13.8 Å². The lowest BCUT2D eigenvalue weighted by Crippen LogP contribution is -2.38. The van der Waals surface area contributed by atoms with Crippen LogP contribution in [0.2, 0.25) is 5.15 Å². The molecule has 1 aliphatic rings. The number of aliphatic imine (C=N–C) groups is 1. The predicted octanol–water partition coefficient (Wildman–Crippen LogP) is 4.06. The van der Waals surface area contributed by atoms with E-state index in [-0.39, 0.29) is 35.8 Å². The van der Waals surface area contributed by atoms with Crippen molar-refractivity contribution in [2.45, 2.75) is 58.0 Å². The van der Waals surface area contributed by atoms with Crippen molar-refractivity contribution in [3.8, 4) is 17.0 Å². The number of hydrogen-bond acceptors (Lipinski definition) is 9. The minimum absolute atomic E-state index is 0.0501. The molecule has 0 fully saturated rings. The van der Waals surface area contributed by atoms with Gasteiger partial charge in [0.05, 0.1) is 21.4 Å². The summed E-state index contributed by atoms with van der Waals surface area (Å²) in [5, 5.41) is 6.14. The van der Waals surface area contributed by atoms with Gasteiger partial charge in [0.15, 0.2) is 23.5 Å². The van der Waals surface area contributed by atoms with E-state index in [2.05, 4.69) is 20.4 Å². The number of pyridine rings is 1. The van der Waals surface area contributed by atoms with Crippen LogP contribution in [0.15, 0.2) is 41.0 Å². The summed E-state index contributed by atoms with van der Waals surface area (Å²) in [6, 6.07) is 5.22. The molecule has 2 aromatic heterocycles. The van der Waals surface area contributed by atoms with Crippen molar-refractivity contribution in [2.24, 2.45) is 22.4 Å². The average Bonchev–Trinajstić information content (AvgIpc) is 3.31. The molecule has 44 heavy (non-hydrogen) atoms. The Morgan fingerprint density at radius 1 is 1.41 bits per heavy atom. The molecule has 4 rings (SSSR count). The van der Waals surface area contributed by atoms with Gasteiger partial charge in [-0.1, -0.05) is 38.8 Å². The van der Waals surface area contributed by atoms with Crippen LogP contribution in [0.1, 0.15) is 56.9 Å². The van der Waals surface area contributed by atoms with Crippen molar-refractivity contribution >= 4 is 51.0 Å². The van der Waals surface area contributed by atoms with Crippen molar-refractivity contribution in [2.75, 3.05) is 19.1 Å². The molecular weight excluding hydrogens is 582 g/mol. The smallest absolute Gasteiger partial charge is 0.324 e. The number of benzene rings is 1. The van der Waals surface area contributed by atoms with Crippen LogP contribution >= 0.6 is 11.6 Å². The standard InChI is InChI=1S/C30H35B2ClFN7O3/c1-6-15(2)24(35)29(42)43-14-39-28-23-10-18(13-38-28)26-22(27(33)40-41(26)30(4,31)32)9-17(12-37-5)25(36)20-8-7-19(34)11-21(20)16(3)44-23/h7-8,10-13,15-16,24H,6,9,14,35-36H2,1-5H3,(H,38,39)/b25-17-,37-12?/t15?,16-,24?/m1/s1. The van der Waals surface area contributed by atoms with E-state index in [1.165, 1.54) is 16.8 Å². The average molecular weight is 618 g/mol. The Morgan fingerprint density at radius 3 is 2.80 bits per heavy atom. The second kappa shape index (κ2) is 13.4. The first-order chi connectivity index (χ1) is 20.8. The van der Waals surface area contributed by atoms with Gasteiger partial charge in [-0.05, 0) is 48.0 Å². The predicted molar refractivity (Wildman–Crippen MR) is 172 cm³/mol. The van der Waals surface area contributed by atoms with Gasteiger partial charge >= 0.3 is 5.97 Å². The van der Waals surface area contributed by atoms with Crippen molar-refractivity contribution in [1.29, 1.82) is 0 Å². The van der Waals surface area contributed by atoms with Gasteiger partial charge in [0, 0.05) is 53.8 Å². The number of rotatable bonds is 8. The highest BCUT2D eigenvalue weighted by Gasteiger charge is 2.29. The van der Waals surface area contributed by atoms with Gasteiger partial charge in [-0.25, -0.2) is 9.37 Å². The highest BCUT2D eigenvalue weighted by molar-refractivity contribution is 6.37. The molecule has 0 saturated carbocycles. The van der Waals surface area contributed by atoms with Gasteiger partial charge in [0.1, 0.15) is 18.0 Å². The van der Waals surface area contributed by atoms with Crippen LogP contribution < -0.4 is 21.5 Å². The molecule has 10 nitrogen and oxygen atoms in total. The molecule has 0 saturated heterocycles. The van der Waals surface area contributed by atoms with E-state index in [9.17, 15) is 9.18 Å². The van der Waals surface area contributed by atoms with Crippen LogP contribution in [0.3, 0.4) is 0 Å². The summed E-state index contributed by atoms with van der Waals surface area (Å²) in [7, 11) is 14.2. The monoisotopic (exact) mass is 617 g/mol. The number of anilines is 1. The third-order valence-electron chi connectivity index (χ3n) is 7.54. The Labute approximate surface area is 264 Å². The zero-order chi connectivity index (χ0) is 32.3. The number of hydrogen-bond donors (Lipinski definition) is 3. The number of fused-ring (bicyclic) bond motifs is 5. The van der Waals surface area contributed by atoms with Crippen LogP contribution in [0.5, 0.6) is 5.75 Å². The van der Waals surface area contributed by atoms with Gasteiger partial charge in [-0.2, -0.15) is 5.10 Å². The van der Waals surface area contributed by atoms with E-state index in [0.717, 1.165) is 6.42 Å². The van der Waals surface area contributed by atoms with E-state index in [0.29, 0.717) is 39.2 Å². The molecule has 0 aliphatic carbocycles. The van der Waals surface area contributed by atoms with E-state index < -0.39 is 29.3 Å². The summed E-state index contributed by atoms with van der Waals surface area (Å²) >= 11 is 6.69. The maximum atomic E-state index is 14.6. The first kappa shape index (κ1) is 33.1. The van der Waals surface area contributed by atoms with Gasteiger partial charge in [0.2, 0.25) is 0 Å². The van der Waals surface area contributed by atoms with Crippen LogP contribution in [-0.2, 0) is 21.3 Å². The van der Waals surface area contributed by atoms with Crippen LogP contribution in [0.25, 0.3) is 17.0 Å². The molecule has 4 radical (unpaired) electrons. The second-order valence-electron chi connectivity index (χ2n) is 11.0. The quantitative estimate of drug-likeness (QED) is 0.149. The summed E-state index contributed by atoms with van der Waals surface area (Å²) < 4.78 is 27.7. The number of esters is 1. The molecule has 0 amide bonds. The zero-order valence-electron chi connectivity index (χ0n) is 25.4. The highest BCUT2D eigenvalue weighted by Crippen LogP contribution is 2.39.